The fourth-order valence-corrected chi connectivity index (χ4v) is 4.32. The molecule has 0 N–H and O–H groups in total. The third-order valence-corrected chi connectivity index (χ3v) is 5.49. The van der Waals surface area contributed by atoms with Gasteiger partial charge < -0.3 is 28.3 Å². The molecule has 172 valence electrons. The van der Waals surface area contributed by atoms with Gasteiger partial charge in [-0.05, 0) is 0 Å². The minimum Gasteiger partial charge on any atom is -0.742 e. The molecule has 0 aliphatic heterocycles. The molecule has 2 aromatic rings. The molecule has 0 radical (unpaired) electrons. The molecule has 0 saturated carbocycles. The smallest absolute Gasteiger partial charge is 0 e. The van der Waals surface area contributed by atoms with Crippen LogP contribution in [0.5, 0.6) is 0 Å². The van der Waals surface area contributed by atoms with Gasteiger partial charge in [0.1, 0.15) is 0 Å². The Morgan fingerprint density at radius 2 is 1.14 bits per heavy atom. The molecule has 2 aromatic carbocycles. The van der Waals surface area contributed by atoms with E-state index in [9.17, 15) is 0 Å². The average Bonchev–Trinajstić information content (AvgIpc) is 3.24. The molecule has 0 heterocycles. The Bertz CT molecular complexity index is 578. The molecule has 2 rings (SSSR count). The molecule has 0 atom stereocenters. The van der Waals surface area contributed by atoms with Crippen LogP contribution in [0.1, 0.15) is 113 Å². The normalized spacial score (nSPS) is 10.4. The standard InChI is InChI=1S/C17H29.C11H17.Fe/c1-5-9-14-13-15(10-6-2)17(12-8-4)16(14)11-7-3;1-3-5-10-7-8-11(9-10)6-4-2;/h13H,5-12H2,1-4H3;7-9H,3-6H2,1-2H3;/q-5;-1;. The molecular weight excluding hydrogens is 392 g/mol. The van der Waals surface area contributed by atoms with E-state index < -0.39 is 0 Å². The van der Waals surface area contributed by atoms with E-state index in [1.54, 1.807) is 22.3 Å². The second kappa shape index (κ2) is 17.0. The molecule has 0 saturated heterocycles. The summed E-state index contributed by atoms with van der Waals surface area (Å²) in [7, 11) is 0. The Hall–Kier alpha value is -0.781. The molecular formula is C28H46Fe-6. The summed E-state index contributed by atoms with van der Waals surface area (Å²) in [6.07, 6.45) is 15.2. The van der Waals surface area contributed by atoms with Crippen LogP contribution < -0.4 is 0 Å². The monoisotopic (exact) mass is 438 g/mol. The third kappa shape index (κ3) is 9.71. The van der Waals surface area contributed by atoms with Gasteiger partial charge in [-0.1, -0.05) is 92.9 Å². The number of hydrogen-bond donors (Lipinski definition) is 0. The second-order valence-electron chi connectivity index (χ2n) is 8.28. The van der Waals surface area contributed by atoms with Gasteiger partial charge in [-0.2, -0.15) is 23.3 Å². The van der Waals surface area contributed by atoms with E-state index in [-0.39, 0.29) is 17.1 Å². The van der Waals surface area contributed by atoms with Gasteiger partial charge in [0, 0.05) is 17.1 Å². The van der Waals surface area contributed by atoms with Crippen molar-refractivity contribution in [2.75, 3.05) is 0 Å². The maximum absolute atomic E-state index is 2.52. The largest absolute Gasteiger partial charge is 0.742 e. The Kier molecular flexibility index (Phi) is 16.5. The summed E-state index contributed by atoms with van der Waals surface area (Å²) in [6, 6.07) is 9.37. The Balaban J connectivity index is 0.000000568. The average molecular weight is 439 g/mol. The zero-order valence-corrected chi connectivity index (χ0v) is 21.3. The van der Waals surface area contributed by atoms with Crippen LogP contribution in [-0.4, -0.2) is 0 Å². The van der Waals surface area contributed by atoms with Crippen molar-refractivity contribution in [1.29, 1.82) is 0 Å². The summed E-state index contributed by atoms with van der Waals surface area (Å²) >= 11 is 0. The van der Waals surface area contributed by atoms with Crippen LogP contribution >= 0.6 is 0 Å². The van der Waals surface area contributed by atoms with E-state index in [1.165, 1.54) is 88.2 Å². The zero-order valence-electron chi connectivity index (χ0n) is 20.1. The summed E-state index contributed by atoms with van der Waals surface area (Å²) in [4.78, 5) is 0. The van der Waals surface area contributed by atoms with Crippen LogP contribution in [0.3, 0.4) is 0 Å². The van der Waals surface area contributed by atoms with Crippen molar-refractivity contribution in [2.45, 2.75) is 119 Å². The molecule has 0 nitrogen and oxygen atoms in total. The Labute approximate surface area is 193 Å². The summed E-state index contributed by atoms with van der Waals surface area (Å²) in [5.41, 5.74) is 9.74. The summed E-state index contributed by atoms with van der Waals surface area (Å²) in [5, 5.41) is 0. The first-order valence-electron chi connectivity index (χ1n) is 12.2. The minimum atomic E-state index is 0. The Morgan fingerprint density at radius 1 is 0.655 bits per heavy atom. The van der Waals surface area contributed by atoms with Gasteiger partial charge in [0.25, 0.3) is 0 Å². The summed E-state index contributed by atoms with van der Waals surface area (Å²) in [6.45, 7) is 13.7. The van der Waals surface area contributed by atoms with E-state index in [2.05, 4.69) is 65.8 Å². The first kappa shape index (κ1) is 28.2. The van der Waals surface area contributed by atoms with Crippen molar-refractivity contribution in [2.24, 2.45) is 0 Å². The first-order valence-corrected chi connectivity index (χ1v) is 12.2. The maximum Gasteiger partial charge on any atom is 0 e. The van der Waals surface area contributed by atoms with E-state index in [1.807, 2.05) is 0 Å². The van der Waals surface area contributed by atoms with Gasteiger partial charge >= 0.3 is 0 Å². The predicted octanol–water partition coefficient (Wildman–Crippen LogP) is 8.52. The van der Waals surface area contributed by atoms with Crippen molar-refractivity contribution >= 4 is 0 Å². The van der Waals surface area contributed by atoms with Crippen LogP contribution in [-0.2, 0) is 55.6 Å². The van der Waals surface area contributed by atoms with Gasteiger partial charge in [0.2, 0.25) is 0 Å². The Morgan fingerprint density at radius 3 is 1.55 bits per heavy atom. The maximum atomic E-state index is 2.52. The van der Waals surface area contributed by atoms with Gasteiger partial charge in [0.15, 0.2) is 0 Å². The molecule has 0 amide bonds. The van der Waals surface area contributed by atoms with E-state index in [0.29, 0.717) is 0 Å². The topological polar surface area (TPSA) is 0 Å². The number of aryl methyl sites for hydroxylation is 4. The SMILES string of the molecule is CCC[c-]1[cH-][c-](CCC)[c-](CCC)[c-]1CCC.CCCc1cc[c-](CCC)c1.[Fe]. The van der Waals surface area contributed by atoms with Crippen LogP contribution in [0.2, 0.25) is 0 Å². The third-order valence-electron chi connectivity index (χ3n) is 5.49. The molecule has 0 unspecified atom stereocenters. The van der Waals surface area contributed by atoms with Crippen molar-refractivity contribution in [3.05, 3.63) is 57.6 Å². The van der Waals surface area contributed by atoms with Crippen LogP contribution in [0, 0.1) is 0 Å². The molecule has 0 aromatic heterocycles. The molecule has 0 aliphatic carbocycles. The van der Waals surface area contributed by atoms with Crippen molar-refractivity contribution in [3.8, 4) is 0 Å². The van der Waals surface area contributed by atoms with Crippen molar-refractivity contribution in [3.63, 3.8) is 0 Å². The summed E-state index contributed by atoms with van der Waals surface area (Å²) < 4.78 is 0. The second-order valence-corrected chi connectivity index (χ2v) is 8.28. The number of hydrogen-bond acceptors (Lipinski definition) is 0. The van der Waals surface area contributed by atoms with E-state index in [4.69, 9.17) is 0 Å². The van der Waals surface area contributed by atoms with Gasteiger partial charge in [-0.15, -0.1) is 0 Å². The fraction of sp³-hybridized carbons (Fsp3) is 0.643. The molecule has 0 aliphatic rings. The van der Waals surface area contributed by atoms with Gasteiger partial charge in [-0.25, -0.2) is 31.7 Å². The molecule has 0 spiro atoms. The minimum absolute atomic E-state index is 0. The van der Waals surface area contributed by atoms with Crippen LogP contribution in [0.25, 0.3) is 0 Å². The quantitative estimate of drug-likeness (QED) is 0.230. The van der Waals surface area contributed by atoms with E-state index in [0.717, 1.165) is 0 Å². The zero-order chi connectivity index (χ0) is 20.8. The molecule has 29 heavy (non-hydrogen) atoms. The van der Waals surface area contributed by atoms with Crippen molar-refractivity contribution < 1.29 is 17.1 Å². The predicted molar refractivity (Wildman–Crippen MR) is 128 cm³/mol. The number of rotatable bonds is 12. The van der Waals surface area contributed by atoms with Crippen LogP contribution in [0.4, 0.5) is 0 Å². The van der Waals surface area contributed by atoms with Gasteiger partial charge in [-0.3, -0.25) is 0 Å². The van der Waals surface area contributed by atoms with E-state index >= 15 is 0 Å². The van der Waals surface area contributed by atoms with Gasteiger partial charge in [0.05, 0.1) is 0 Å². The first-order chi connectivity index (χ1) is 13.6. The molecule has 0 bridgehead atoms. The molecule has 0 fully saturated rings. The molecule has 1 heteroatoms. The summed E-state index contributed by atoms with van der Waals surface area (Å²) in [5.74, 6) is 0. The van der Waals surface area contributed by atoms with Crippen LogP contribution in [0.15, 0.2) is 24.3 Å². The fourth-order valence-electron chi connectivity index (χ4n) is 4.32. The van der Waals surface area contributed by atoms with Crippen molar-refractivity contribution in [1.82, 2.24) is 0 Å².